The molecule has 7 nitrogen and oxygen atoms in total. The fourth-order valence-electron chi connectivity index (χ4n) is 1.41. The highest BCUT2D eigenvalue weighted by atomic mass is 16.5. The van der Waals surface area contributed by atoms with Crippen LogP contribution >= 0.6 is 0 Å². The first-order valence-corrected chi connectivity index (χ1v) is 5.10. The van der Waals surface area contributed by atoms with E-state index in [0.717, 1.165) is 0 Å². The van der Waals surface area contributed by atoms with Crippen LogP contribution in [0, 0.1) is 18.3 Å². The number of hydrogen-bond acceptors (Lipinski definition) is 5. The Morgan fingerprint density at radius 2 is 2.41 bits per heavy atom. The van der Waals surface area contributed by atoms with E-state index in [1.807, 2.05) is 0 Å². The normalized spacial score (nSPS) is 9.94. The van der Waals surface area contributed by atoms with Crippen LogP contribution in [-0.4, -0.2) is 35.4 Å². The maximum absolute atomic E-state index is 10.4. The predicted molar refractivity (Wildman–Crippen MR) is 61.2 cm³/mol. The van der Waals surface area contributed by atoms with Crippen molar-refractivity contribution in [3.63, 3.8) is 0 Å². The molecule has 1 aromatic rings. The van der Waals surface area contributed by atoms with Crippen LogP contribution in [0.5, 0.6) is 0 Å². The Morgan fingerprint density at radius 3 is 3.00 bits per heavy atom. The summed E-state index contributed by atoms with van der Waals surface area (Å²) in [6.07, 6.45) is 0. The lowest BCUT2D eigenvalue weighted by Gasteiger charge is -2.06. The molecule has 0 aliphatic heterocycles. The van der Waals surface area contributed by atoms with Crippen LogP contribution in [-0.2, 0) is 16.6 Å². The number of primary amides is 1. The number of ether oxygens (including phenoxy) is 1. The molecule has 0 saturated heterocycles. The molecule has 0 aliphatic rings. The van der Waals surface area contributed by atoms with E-state index in [0.29, 0.717) is 30.2 Å². The number of nitriles is 1. The van der Waals surface area contributed by atoms with E-state index < -0.39 is 5.91 Å². The number of nitrogens with zero attached hydrogens (tertiary/aromatic N) is 3. The zero-order chi connectivity index (χ0) is 12.8. The first-order valence-electron chi connectivity index (χ1n) is 5.10. The van der Waals surface area contributed by atoms with Crippen molar-refractivity contribution in [2.75, 3.05) is 25.1 Å². The molecule has 3 N–H and O–H groups in total. The fourth-order valence-corrected chi connectivity index (χ4v) is 1.41. The van der Waals surface area contributed by atoms with Crippen molar-refractivity contribution < 1.29 is 9.53 Å². The molecule has 1 aromatic heterocycles. The molecule has 0 aromatic carbocycles. The minimum atomic E-state index is -0.501. The lowest BCUT2D eigenvalue weighted by Crippen LogP contribution is -2.21. The summed E-state index contributed by atoms with van der Waals surface area (Å²) >= 11 is 0. The fraction of sp³-hybridized carbons (Fsp3) is 0.500. The van der Waals surface area contributed by atoms with Gasteiger partial charge in [0, 0.05) is 13.6 Å². The third kappa shape index (κ3) is 3.46. The minimum Gasteiger partial charge on any atom is -0.370 e. The molecule has 1 amide bonds. The van der Waals surface area contributed by atoms with Crippen LogP contribution in [0.25, 0.3) is 0 Å². The molecule has 0 spiro atoms. The van der Waals surface area contributed by atoms with E-state index in [2.05, 4.69) is 16.5 Å². The van der Waals surface area contributed by atoms with Crippen molar-refractivity contribution in [3.05, 3.63) is 11.3 Å². The van der Waals surface area contributed by atoms with Gasteiger partial charge in [-0.3, -0.25) is 9.48 Å². The monoisotopic (exact) mass is 237 g/mol. The van der Waals surface area contributed by atoms with E-state index in [9.17, 15) is 4.79 Å². The Bertz CT molecular complexity index is 446. The number of hydrogen-bond donors (Lipinski definition) is 2. The number of rotatable bonds is 6. The van der Waals surface area contributed by atoms with E-state index in [1.165, 1.54) is 0 Å². The van der Waals surface area contributed by atoms with Crippen molar-refractivity contribution in [3.8, 4) is 6.07 Å². The van der Waals surface area contributed by atoms with E-state index in [1.54, 1.807) is 18.7 Å². The van der Waals surface area contributed by atoms with Crippen molar-refractivity contribution in [1.82, 2.24) is 9.78 Å². The van der Waals surface area contributed by atoms with Gasteiger partial charge in [0.2, 0.25) is 5.91 Å². The molecule has 0 atom stereocenters. The maximum Gasteiger partial charge on any atom is 0.243 e. The van der Waals surface area contributed by atoms with Crippen molar-refractivity contribution in [2.45, 2.75) is 6.92 Å². The van der Waals surface area contributed by atoms with Gasteiger partial charge in [-0.1, -0.05) is 0 Å². The molecule has 0 radical (unpaired) electrons. The highest BCUT2D eigenvalue weighted by molar-refractivity contribution is 5.74. The molecule has 1 rings (SSSR count). The van der Waals surface area contributed by atoms with Crippen molar-refractivity contribution in [2.24, 2.45) is 12.8 Å². The molecule has 17 heavy (non-hydrogen) atoms. The van der Waals surface area contributed by atoms with Gasteiger partial charge in [-0.15, -0.1) is 0 Å². The SMILES string of the molecule is Cc1nn(C)c(NCCOCC(N)=O)c1C#N. The van der Waals surface area contributed by atoms with Gasteiger partial charge >= 0.3 is 0 Å². The Balaban J connectivity index is 2.47. The largest absolute Gasteiger partial charge is 0.370 e. The van der Waals surface area contributed by atoms with Crippen molar-refractivity contribution in [1.29, 1.82) is 5.26 Å². The Labute approximate surface area is 99.2 Å². The average molecular weight is 237 g/mol. The van der Waals surface area contributed by atoms with Crippen LogP contribution in [0.2, 0.25) is 0 Å². The highest BCUT2D eigenvalue weighted by Crippen LogP contribution is 2.16. The zero-order valence-electron chi connectivity index (χ0n) is 9.86. The molecular formula is C10H15N5O2. The number of nitrogens with one attached hydrogen (secondary N) is 1. The molecule has 92 valence electrons. The zero-order valence-corrected chi connectivity index (χ0v) is 9.86. The predicted octanol–water partition coefficient (Wildman–Crippen LogP) is -0.486. The molecule has 0 bridgehead atoms. The van der Waals surface area contributed by atoms with Crippen LogP contribution < -0.4 is 11.1 Å². The summed E-state index contributed by atoms with van der Waals surface area (Å²) < 4.78 is 6.59. The smallest absolute Gasteiger partial charge is 0.243 e. The van der Waals surface area contributed by atoms with Crippen LogP contribution in [0.4, 0.5) is 5.82 Å². The van der Waals surface area contributed by atoms with Gasteiger partial charge < -0.3 is 15.8 Å². The van der Waals surface area contributed by atoms with Crippen LogP contribution in [0.15, 0.2) is 0 Å². The van der Waals surface area contributed by atoms with Gasteiger partial charge in [-0.05, 0) is 6.92 Å². The van der Waals surface area contributed by atoms with E-state index >= 15 is 0 Å². The summed E-state index contributed by atoms with van der Waals surface area (Å²) in [4.78, 5) is 10.4. The summed E-state index contributed by atoms with van der Waals surface area (Å²) in [5.41, 5.74) is 6.11. The van der Waals surface area contributed by atoms with Gasteiger partial charge in [0.15, 0.2) is 0 Å². The number of amides is 1. The van der Waals surface area contributed by atoms with Crippen LogP contribution in [0.1, 0.15) is 11.3 Å². The number of carbonyl (C=O) groups excluding carboxylic acids is 1. The summed E-state index contributed by atoms with van der Waals surface area (Å²) in [6.45, 7) is 2.48. The number of anilines is 1. The van der Waals surface area contributed by atoms with E-state index in [-0.39, 0.29) is 6.61 Å². The quantitative estimate of drug-likeness (QED) is 0.649. The second kappa shape index (κ2) is 5.86. The number of aryl methyl sites for hydroxylation is 2. The molecule has 0 fully saturated rings. The van der Waals surface area contributed by atoms with E-state index in [4.69, 9.17) is 15.7 Å². The Hall–Kier alpha value is -2.07. The molecule has 0 aliphatic carbocycles. The minimum absolute atomic E-state index is 0.1000. The topological polar surface area (TPSA) is 106 Å². The molecule has 1 heterocycles. The molecule has 0 unspecified atom stereocenters. The molecular weight excluding hydrogens is 222 g/mol. The first kappa shape index (κ1) is 13.0. The third-order valence-corrected chi connectivity index (χ3v) is 2.12. The molecule has 7 heteroatoms. The summed E-state index contributed by atoms with van der Waals surface area (Å²) in [5, 5.41) is 16.1. The number of carbonyl (C=O) groups is 1. The lowest BCUT2D eigenvalue weighted by molar-refractivity contribution is -0.122. The second-order valence-corrected chi connectivity index (χ2v) is 3.49. The molecule has 0 saturated carbocycles. The number of aromatic nitrogens is 2. The number of nitrogens with two attached hydrogens (primary N) is 1. The summed E-state index contributed by atoms with van der Waals surface area (Å²) in [6, 6.07) is 2.08. The van der Waals surface area contributed by atoms with Gasteiger partial charge in [-0.25, -0.2) is 0 Å². The van der Waals surface area contributed by atoms with Gasteiger partial charge in [-0.2, -0.15) is 10.4 Å². The van der Waals surface area contributed by atoms with Gasteiger partial charge in [0.05, 0.1) is 12.3 Å². The van der Waals surface area contributed by atoms with Crippen LogP contribution in [0.3, 0.4) is 0 Å². The summed E-state index contributed by atoms with van der Waals surface area (Å²) in [5.74, 6) is 0.145. The van der Waals surface area contributed by atoms with Gasteiger partial charge in [0.25, 0.3) is 0 Å². The Kier molecular flexibility index (Phi) is 4.48. The highest BCUT2D eigenvalue weighted by Gasteiger charge is 2.11. The lowest BCUT2D eigenvalue weighted by atomic mass is 10.2. The maximum atomic E-state index is 10.4. The van der Waals surface area contributed by atoms with Crippen molar-refractivity contribution >= 4 is 11.7 Å². The Morgan fingerprint density at radius 1 is 1.71 bits per heavy atom. The summed E-state index contributed by atoms with van der Waals surface area (Å²) in [7, 11) is 1.75. The standard InChI is InChI=1S/C10H15N5O2/c1-7-8(5-11)10(15(2)14-7)13-3-4-17-6-9(12)16/h13H,3-4,6H2,1-2H3,(H2,12,16). The average Bonchev–Trinajstić information content (AvgIpc) is 2.52. The third-order valence-electron chi connectivity index (χ3n) is 2.12. The van der Waals surface area contributed by atoms with Gasteiger partial charge in [0.1, 0.15) is 24.1 Å². The first-order chi connectivity index (χ1) is 8.06. The second-order valence-electron chi connectivity index (χ2n) is 3.49.